The minimum absolute atomic E-state index is 0. The van der Waals surface area contributed by atoms with Gasteiger partial charge in [-0.2, -0.15) is 0 Å². The predicted molar refractivity (Wildman–Crippen MR) is 125 cm³/mol. The van der Waals surface area contributed by atoms with Gasteiger partial charge in [0.1, 0.15) is 0 Å². The van der Waals surface area contributed by atoms with Gasteiger partial charge < -0.3 is 15.4 Å². The lowest BCUT2D eigenvalue weighted by Crippen LogP contribution is -2.46. The molecule has 2 rings (SSSR count). The molecule has 1 aliphatic heterocycles. The summed E-state index contributed by atoms with van der Waals surface area (Å²) < 4.78 is 5.45. The molecular weight excluding hydrogens is 451 g/mol. The molecule has 0 amide bonds. The summed E-state index contributed by atoms with van der Waals surface area (Å²) in [6.07, 6.45) is 0. The molecule has 0 bridgehead atoms. The Balaban J connectivity index is 0.00000364. The van der Waals surface area contributed by atoms with Crippen molar-refractivity contribution in [1.82, 2.24) is 15.5 Å². The number of halogens is 1. The van der Waals surface area contributed by atoms with Gasteiger partial charge in [0.05, 0.1) is 13.2 Å². The number of hydrogen-bond acceptors (Lipinski definition) is 3. The zero-order valence-corrected chi connectivity index (χ0v) is 19.8. The molecule has 1 heterocycles. The lowest BCUT2D eigenvalue weighted by molar-refractivity contribution is 0.134. The number of likely N-dealkylation sites (tertiary alicyclic amines) is 1. The maximum atomic E-state index is 5.45. The first-order chi connectivity index (χ1) is 12.5. The maximum absolute atomic E-state index is 5.45. The number of rotatable bonds is 8. The summed E-state index contributed by atoms with van der Waals surface area (Å²) in [5, 5.41) is 7.02. The van der Waals surface area contributed by atoms with E-state index in [1.54, 1.807) is 0 Å². The van der Waals surface area contributed by atoms with Crippen LogP contribution in [0, 0.1) is 5.92 Å². The van der Waals surface area contributed by atoms with Crippen LogP contribution in [-0.2, 0) is 17.9 Å². The summed E-state index contributed by atoms with van der Waals surface area (Å²) in [5.74, 6) is 1.53. The second-order valence-electron chi connectivity index (χ2n) is 7.42. The summed E-state index contributed by atoms with van der Waals surface area (Å²) in [4.78, 5) is 7.32. The van der Waals surface area contributed by atoms with Gasteiger partial charge >= 0.3 is 0 Å². The summed E-state index contributed by atoms with van der Waals surface area (Å²) in [5.41, 5.74) is 2.42. The molecule has 27 heavy (non-hydrogen) atoms. The number of nitrogens with zero attached hydrogens (tertiary/aromatic N) is 2. The molecule has 1 saturated heterocycles. The lowest BCUT2D eigenvalue weighted by Gasteiger charge is -2.22. The molecule has 1 aromatic carbocycles. The van der Waals surface area contributed by atoms with Gasteiger partial charge in [-0.05, 0) is 44.7 Å². The van der Waals surface area contributed by atoms with E-state index in [-0.39, 0.29) is 24.0 Å². The second-order valence-corrected chi connectivity index (χ2v) is 7.42. The van der Waals surface area contributed by atoms with Crippen LogP contribution < -0.4 is 10.6 Å². The number of benzene rings is 1. The van der Waals surface area contributed by atoms with Crippen LogP contribution in [0.1, 0.15) is 45.7 Å². The van der Waals surface area contributed by atoms with E-state index in [4.69, 9.17) is 9.73 Å². The van der Waals surface area contributed by atoms with Crippen molar-refractivity contribution in [3.05, 3.63) is 35.4 Å². The molecule has 1 fully saturated rings. The normalized spacial score (nSPS) is 20.6. The zero-order chi connectivity index (χ0) is 18.9. The van der Waals surface area contributed by atoms with Gasteiger partial charge in [-0.15, -0.1) is 24.0 Å². The average Bonchev–Trinajstić information content (AvgIpc) is 3.00. The fraction of sp³-hybridized carbons (Fsp3) is 0.667. The highest BCUT2D eigenvalue weighted by Crippen LogP contribution is 2.18. The zero-order valence-electron chi connectivity index (χ0n) is 17.5. The van der Waals surface area contributed by atoms with E-state index < -0.39 is 0 Å². The fourth-order valence-corrected chi connectivity index (χ4v) is 3.24. The number of ether oxygens (including phenoxy) is 1. The van der Waals surface area contributed by atoms with Crippen molar-refractivity contribution in [2.45, 2.75) is 59.9 Å². The Kier molecular flexibility index (Phi) is 11.3. The molecule has 2 unspecified atom stereocenters. The van der Waals surface area contributed by atoms with Gasteiger partial charge in [-0.1, -0.05) is 31.2 Å². The first-order valence-corrected chi connectivity index (χ1v) is 9.97. The molecule has 6 heteroatoms. The summed E-state index contributed by atoms with van der Waals surface area (Å²) in [7, 11) is 0. The van der Waals surface area contributed by atoms with Crippen molar-refractivity contribution >= 4 is 29.9 Å². The molecule has 2 N–H and O–H groups in total. The molecule has 2 atom stereocenters. The van der Waals surface area contributed by atoms with E-state index in [0.29, 0.717) is 31.2 Å². The highest BCUT2D eigenvalue weighted by Gasteiger charge is 2.31. The van der Waals surface area contributed by atoms with Crippen LogP contribution >= 0.6 is 24.0 Å². The standard InChI is InChI=1S/C21H36N4O.HI/c1-6-22-21(24-20-14-25(16(3)4)13-17(20)5)23-12-18-8-10-19(11-9-18)15-26-7-2;/h8-11,16-17,20H,6-7,12-15H2,1-5H3,(H2,22,23,24);1H. The van der Waals surface area contributed by atoms with Crippen LogP contribution in [0.5, 0.6) is 0 Å². The molecular formula is C21H37IN4O. The van der Waals surface area contributed by atoms with Gasteiger partial charge in [0.15, 0.2) is 5.96 Å². The molecule has 0 radical (unpaired) electrons. The Hall–Kier alpha value is -0.860. The van der Waals surface area contributed by atoms with Crippen molar-refractivity contribution in [2.24, 2.45) is 10.9 Å². The molecule has 0 aliphatic carbocycles. The quantitative estimate of drug-likeness (QED) is 0.334. The minimum atomic E-state index is 0. The third-order valence-corrected chi connectivity index (χ3v) is 4.95. The number of nitrogens with one attached hydrogen (secondary N) is 2. The maximum Gasteiger partial charge on any atom is 0.191 e. The predicted octanol–water partition coefficient (Wildman–Crippen LogP) is 3.62. The van der Waals surface area contributed by atoms with Crippen LogP contribution in [0.2, 0.25) is 0 Å². The van der Waals surface area contributed by atoms with Crippen LogP contribution in [-0.4, -0.2) is 49.2 Å². The number of guanidine groups is 1. The Labute approximate surface area is 182 Å². The monoisotopic (exact) mass is 488 g/mol. The molecule has 1 aromatic rings. The third-order valence-electron chi connectivity index (χ3n) is 4.95. The molecule has 0 aromatic heterocycles. The Morgan fingerprint density at radius 1 is 1.19 bits per heavy atom. The van der Waals surface area contributed by atoms with Crippen LogP contribution in [0.3, 0.4) is 0 Å². The SMILES string of the molecule is CCNC(=NCc1ccc(COCC)cc1)NC1CN(C(C)C)CC1C.I. The Bertz CT molecular complexity index is 562. The molecule has 154 valence electrons. The van der Waals surface area contributed by atoms with E-state index in [1.165, 1.54) is 11.1 Å². The van der Waals surface area contributed by atoms with Crippen molar-refractivity contribution < 1.29 is 4.74 Å². The Morgan fingerprint density at radius 3 is 2.41 bits per heavy atom. The van der Waals surface area contributed by atoms with Crippen LogP contribution in [0.4, 0.5) is 0 Å². The topological polar surface area (TPSA) is 48.9 Å². The minimum Gasteiger partial charge on any atom is -0.377 e. The van der Waals surface area contributed by atoms with E-state index >= 15 is 0 Å². The third kappa shape index (κ3) is 7.95. The number of hydrogen-bond donors (Lipinski definition) is 2. The lowest BCUT2D eigenvalue weighted by atomic mass is 10.1. The molecule has 0 saturated carbocycles. The van der Waals surface area contributed by atoms with E-state index in [1.807, 2.05) is 6.92 Å². The Morgan fingerprint density at radius 2 is 1.85 bits per heavy atom. The van der Waals surface area contributed by atoms with Crippen molar-refractivity contribution in [3.63, 3.8) is 0 Å². The van der Waals surface area contributed by atoms with Gasteiger partial charge in [-0.25, -0.2) is 4.99 Å². The average molecular weight is 488 g/mol. The molecule has 0 spiro atoms. The summed E-state index contributed by atoms with van der Waals surface area (Å²) in [6, 6.07) is 9.57. The highest BCUT2D eigenvalue weighted by atomic mass is 127. The smallest absolute Gasteiger partial charge is 0.191 e. The highest BCUT2D eigenvalue weighted by molar-refractivity contribution is 14.0. The largest absolute Gasteiger partial charge is 0.377 e. The fourth-order valence-electron chi connectivity index (χ4n) is 3.24. The second kappa shape index (κ2) is 12.6. The van der Waals surface area contributed by atoms with Gasteiger partial charge in [0.25, 0.3) is 0 Å². The van der Waals surface area contributed by atoms with Gasteiger partial charge in [0, 0.05) is 38.3 Å². The first-order valence-electron chi connectivity index (χ1n) is 9.97. The van der Waals surface area contributed by atoms with Crippen LogP contribution in [0.25, 0.3) is 0 Å². The van der Waals surface area contributed by atoms with Gasteiger partial charge in [0.2, 0.25) is 0 Å². The molecule has 1 aliphatic rings. The van der Waals surface area contributed by atoms with Crippen molar-refractivity contribution in [3.8, 4) is 0 Å². The summed E-state index contributed by atoms with van der Waals surface area (Å²) >= 11 is 0. The molecule has 5 nitrogen and oxygen atoms in total. The van der Waals surface area contributed by atoms with Crippen molar-refractivity contribution in [2.75, 3.05) is 26.2 Å². The van der Waals surface area contributed by atoms with Crippen molar-refractivity contribution in [1.29, 1.82) is 0 Å². The van der Waals surface area contributed by atoms with E-state index in [9.17, 15) is 0 Å². The summed E-state index contributed by atoms with van der Waals surface area (Å²) in [6.45, 7) is 16.2. The first kappa shape index (κ1) is 24.2. The van der Waals surface area contributed by atoms with Gasteiger partial charge in [-0.3, -0.25) is 4.90 Å². The van der Waals surface area contributed by atoms with E-state index in [2.05, 4.69) is 67.5 Å². The van der Waals surface area contributed by atoms with Crippen LogP contribution in [0.15, 0.2) is 29.3 Å². The van der Waals surface area contributed by atoms with E-state index in [0.717, 1.165) is 32.2 Å². The number of aliphatic imine (C=N–C) groups is 1.